The van der Waals surface area contributed by atoms with Gasteiger partial charge in [0.15, 0.2) is 0 Å². The molecule has 1 aliphatic carbocycles. The van der Waals surface area contributed by atoms with Gasteiger partial charge in [-0.05, 0) is 45.4 Å². The van der Waals surface area contributed by atoms with E-state index in [0.717, 1.165) is 32.1 Å². The average molecular weight is 373 g/mol. The van der Waals surface area contributed by atoms with Gasteiger partial charge in [-0.3, -0.25) is 13.6 Å². The normalized spacial score (nSPS) is 21.4. The Hall–Kier alpha value is -0.373. The Labute approximate surface area is 149 Å². The second kappa shape index (κ2) is 10.6. The van der Waals surface area contributed by atoms with Crippen molar-refractivity contribution in [2.45, 2.75) is 71.7 Å². The van der Waals surface area contributed by atoms with Crippen molar-refractivity contribution in [3.05, 3.63) is 12.2 Å². The second-order valence-electron chi connectivity index (χ2n) is 7.09. The maximum Gasteiger partial charge on any atom is 0.475 e. The van der Waals surface area contributed by atoms with Gasteiger partial charge in [-0.25, -0.2) is 4.57 Å². The number of unbranched alkanes of at least 4 members (excludes halogenated alkanes) is 1. The minimum atomic E-state index is -3.42. The van der Waals surface area contributed by atoms with Crippen LogP contribution in [0.5, 0.6) is 0 Å². The average Bonchev–Trinajstić information content (AvgIpc) is 2.48. The van der Waals surface area contributed by atoms with E-state index in [1.54, 1.807) is 13.8 Å². The molecule has 0 aromatic heterocycles. The molecule has 2 atom stereocenters. The second-order valence-corrected chi connectivity index (χ2v) is 13.5. The van der Waals surface area contributed by atoms with E-state index in [1.165, 1.54) is 0 Å². The Morgan fingerprint density at radius 3 is 2.29 bits per heavy atom. The van der Waals surface area contributed by atoms with Gasteiger partial charge in [0.25, 0.3) is 0 Å². The van der Waals surface area contributed by atoms with E-state index in [4.69, 9.17) is 13.6 Å². The highest BCUT2D eigenvalue weighted by Crippen LogP contribution is 2.51. The summed E-state index contributed by atoms with van der Waals surface area (Å²) in [6, 6.07) is 0. The van der Waals surface area contributed by atoms with Crippen molar-refractivity contribution in [2.24, 2.45) is 5.92 Å². The summed E-state index contributed by atoms with van der Waals surface area (Å²) in [6.07, 6.45) is 9.17. The molecule has 6 heteroatoms. The first-order valence-electron chi connectivity index (χ1n) is 9.04. The first-order valence-corrected chi connectivity index (χ1v) is 14.0. The molecule has 1 aliphatic rings. The molecule has 24 heavy (non-hydrogen) atoms. The van der Waals surface area contributed by atoms with Crippen molar-refractivity contribution in [1.29, 1.82) is 0 Å². The van der Waals surface area contributed by atoms with E-state index in [1.807, 2.05) is 6.08 Å². The fourth-order valence-electron chi connectivity index (χ4n) is 2.54. The summed E-state index contributed by atoms with van der Waals surface area (Å²) < 4.78 is 28.3. The van der Waals surface area contributed by atoms with Gasteiger partial charge in [-0.2, -0.15) is 0 Å². The third-order valence-electron chi connectivity index (χ3n) is 3.60. The summed E-state index contributed by atoms with van der Waals surface area (Å²) in [6.45, 7) is 11.0. The molecule has 0 radical (unpaired) electrons. The number of hydrogen-bond acceptors (Lipinski definition) is 4. The topological polar surface area (TPSA) is 44.8 Å². The van der Waals surface area contributed by atoms with Crippen molar-refractivity contribution < 1.29 is 18.1 Å². The van der Waals surface area contributed by atoms with Crippen molar-refractivity contribution in [2.75, 3.05) is 13.2 Å². The zero-order chi connectivity index (χ0) is 18.1. The van der Waals surface area contributed by atoms with Crippen LogP contribution in [0.1, 0.15) is 46.0 Å². The van der Waals surface area contributed by atoms with Crippen LogP contribution in [-0.4, -0.2) is 27.4 Å². The van der Waals surface area contributed by atoms with Crippen molar-refractivity contribution in [3.8, 4) is 11.5 Å². The molecule has 0 unspecified atom stereocenters. The monoisotopic (exact) mass is 372 g/mol. The van der Waals surface area contributed by atoms with E-state index in [-0.39, 0.29) is 6.10 Å². The predicted octanol–water partition coefficient (Wildman–Crippen LogP) is 5.57. The van der Waals surface area contributed by atoms with Gasteiger partial charge in [-0.1, -0.05) is 31.8 Å². The molecule has 0 aromatic carbocycles. The smallest absolute Gasteiger partial charge is 0.287 e. The Kier molecular flexibility index (Phi) is 9.55. The lowest BCUT2D eigenvalue weighted by molar-refractivity contribution is 0.0929. The van der Waals surface area contributed by atoms with Gasteiger partial charge >= 0.3 is 7.82 Å². The SMILES string of the molecule is CCOP(=O)(OCC)O[C@@H]1C=C[C@H](CCCC#C[Si](C)(C)C)CC1. The van der Waals surface area contributed by atoms with Crippen molar-refractivity contribution >= 4 is 15.9 Å². The van der Waals surface area contributed by atoms with Gasteiger partial charge < -0.3 is 0 Å². The van der Waals surface area contributed by atoms with Crippen LogP contribution in [0.3, 0.4) is 0 Å². The van der Waals surface area contributed by atoms with E-state index >= 15 is 0 Å². The third-order valence-corrected chi connectivity index (χ3v) is 6.20. The lowest BCUT2D eigenvalue weighted by atomic mass is 9.90. The lowest BCUT2D eigenvalue weighted by Gasteiger charge is -2.26. The first kappa shape index (κ1) is 21.7. The van der Waals surface area contributed by atoms with E-state index in [0.29, 0.717) is 19.1 Å². The van der Waals surface area contributed by atoms with E-state index < -0.39 is 15.9 Å². The predicted molar refractivity (Wildman–Crippen MR) is 103 cm³/mol. The summed E-state index contributed by atoms with van der Waals surface area (Å²) in [4.78, 5) is 0. The highest BCUT2D eigenvalue weighted by Gasteiger charge is 2.30. The number of rotatable bonds is 9. The Morgan fingerprint density at radius 2 is 1.79 bits per heavy atom. The Bertz CT molecular complexity index is 491. The molecule has 1 rings (SSSR count). The maximum atomic E-state index is 12.4. The molecular weight excluding hydrogens is 339 g/mol. The van der Waals surface area contributed by atoms with Crippen LogP contribution in [0.4, 0.5) is 0 Å². The van der Waals surface area contributed by atoms with Crippen LogP contribution < -0.4 is 0 Å². The molecule has 138 valence electrons. The summed E-state index contributed by atoms with van der Waals surface area (Å²) >= 11 is 0. The molecule has 0 saturated heterocycles. The van der Waals surface area contributed by atoms with Crippen LogP contribution in [0.25, 0.3) is 0 Å². The molecule has 0 spiro atoms. The summed E-state index contributed by atoms with van der Waals surface area (Å²) in [5, 5.41) is 0. The van der Waals surface area contributed by atoms with Crippen molar-refractivity contribution in [1.82, 2.24) is 0 Å². The largest absolute Gasteiger partial charge is 0.475 e. The van der Waals surface area contributed by atoms with E-state index in [9.17, 15) is 4.57 Å². The third kappa shape index (κ3) is 9.20. The fourth-order valence-corrected chi connectivity index (χ4v) is 4.53. The van der Waals surface area contributed by atoms with Gasteiger partial charge in [0.2, 0.25) is 0 Å². The number of phosphoric ester groups is 1. The highest BCUT2D eigenvalue weighted by atomic mass is 31.2. The van der Waals surface area contributed by atoms with Crippen LogP contribution in [0.2, 0.25) is 19.6 Å². The standard InChI is InChI=1S/C18H33O4PSi/c1-6-20-23(19,21-7-2)22-18-14-12-17(13-15-18)11-9-8-10-16-24(3,4)5/h12,14,17-18H,6-9,11,13,15H2,1-5H3/t17-,18+/m0/s1. The molecule has 0 N–H and O–H groups in total. The van der Waals surface area contributed by atoms with Gasteiger partial charge in [0.05, 0.1) is 19.3 Å². The molecular formula is C18H33O4PSi. The minimum absolute atomic E-state index is 0.183. The van der Waals surface area contributed by atoms with Crippen molar-refractivity contribution in [3.63, 3.8) is 0 Å². The first-order chi connectivity index (χ1) is 11.3. The van der Waals surface area contributed by atoms with Crippen LogP contribution in [-0.2, 0) is 18.1 Å². The van der Waals surface area contributed by atoms with Crippen LogP contribution in [0.15, 0.2) is 12.2 Å². The quantitative estimate of drug-likeness (QED) is 0.174. The van der Waals surface area contributed by atoms with E-state index in [2.05, 4.69) is 37.2 Å². The molecule has 0 heterocycles. The summed E-state index contributed by atoms with van der Waals surface area (Å²) in [5.41, 5.74) is 3.41. The molecule has 0 fully saturated rings. The number of phosphoric acid groups is 1. The zero-order valence-corrected chi connectivity index (χ0v) is 17.7. The molecule has 4 nitrogen and oxygen atoms in total. The minimum Gasteiger partial charge on any atom is -0.287 e. The highest BCUT2D eigenvalue weighted by molar-refractivity contribution is 7.48. The molecule has 0 amide bonds. The van der Waals surface area contributed by atoms with Gasteiger partial charge in [-0.15, -0.1) is 11.5 Å². The molecule has 0 aromatic rings. The Balaban J connectivity index is 2.38. The summed E-state index contributed by atoms with van der Waals surface area (Å²) in [7, 11) is -4.65. The fraction of sp³-hybridized carbons (Fsp3) is 0.778. The van der Waals surface area contributed by atoms with Gasteiger partial charge in [0, 0.05) is 6.42 Å². The van der Waals surface area contributed by atoms with Gasteiger partial charge in [0.1, 0.15) is 8.07 Å². The molecule has 0 bridgehead atoms. The maximum absolute atomic E-state index is 12.4. The molecule has 0 saturated carbocycles. The lowest BCUT2D eigenvalue weighted by Crippen LogP contribution is -2.17. The van der Waals surface area contributed by atoms with Crippen LogP contribution in [0, 0.1) is 17.4 Å². The number of allylic oxidation sites excluding steroid dienone is 1. The molecule has 0 aliphatic heterocycles. The Morgan fingerprint density at radius 1 is 1.12 bits per heavy atom. The summed E-state index contributed by atoms with van der Waals surface area (Å²) in [5.74, 6) is 3.89. The zero-order valence-electron chi connectivity index (χ0n) is 15.8. The van der Waals surface area contributed by atoms with Crippen LogP contribution >= 0.6 is 7.82 Å². The number of hydrogen-bond donors (Lipinski definition) is 0.